The fourth-order valence-electron chi connectivity index (χ4n) is 1.26. The van der Waals surface area contributed by atoms with Gasteiger partial charge in [0.2, 0.25) is 0 Å². The van der Waals surface area contributed by atoms with Gasteiger partial charge in [-0.3, -0.25) is 4.79 Å². The van der Waals surface area contributed by atoms with E-state index in [0.717, 1.165) is 9.35 Å². The average Bonchev–Trinajstić information content (AvgIpc) is 2.61. The lowest BCUT2D eigenvalue weighted by Gasteiger charge is -2.27. The summed E-state index contributed by atoms with van der Waals surface area (Å²) in [5.74, 6) is 0.569. The number of carbonyl (C=O) groups excluding carboxylic acids is 1. The molecule has 1 atom stereocenters. The van der Waals surface area contributed by atoms with Gasteiger partial charge in [0.05, 0.1) is 9.35 Å². The van der Waals surface area contributed by atoms with Crippen molar-refractivity contribution < 1.29 is 4.79 Å². The summed E-state index contributed by atoms with van der Waals surface area (Å²) in [6.07, 6.45) is 0. The molecule has 1 rings (SSSR count). The second kappa shape index (κ2) is 5.12. The SMILES string of the molecule is CC(C)C(C)N(C)C(=O)c1csc(Br)c1. The summed E-state index contributed by atoms with van der Waals surface area (Å²) in [4.78, 5) is 13.8. The van der Waals surface area contributed by atoms with Gasteiger partial charge in [0.15, 0.2) is 0 Å². The van der Waals surface area contributed by atoms with E-state index in [0.29, 0.717) is 5.92 Å². The van der Waals surface area contributed by atoms with Gasteiger partial charge in [-0.1, -0.05) is 13.8 Å². The van der Waals surface area contributed by atoms with Crippen LogP contribution in [0.25, 0.3) is 0 Å². The van der Waals surface area contributed by atoms with Crippen molar-refractivity contribution in [1.29, 1.82) is 0 Å². The first kappa shape index (κ1) is 12.7. The van der Waals surface area contributed by atoms with E-state index in [2.05, 4.69) is 36.7 Å². The lowest BCUT2D eigenvalue weighted by molar-refractivity contribution is 0.0707. The van der Waals surface area contributed by atoms with Gasteiger partial charge in [-0.05, 0) is 34.8 Å². The summed E-state index contributed by atoms with van der Waals surface area (Å²) >= 11 is 4.90. The monoisotopic (exact) mass is 289 g/mol. The third kappa shape index (κ3) is 3.05. The molecule has 0 spiro atoms. The fourth-order valence-corrected chi connectivity index (χ4v) is 2.39. The van der Waals surface area contributed by atoms with Crippen LogP contribution in [0.1, 0.15) is 31.1 Å². The molecule has 84 valence electrons. The van der Waals surface area contributed by atoms with E-state index in [1.807, 2.05) is 18.5 Å². The molecule has 0 bridgehead atoms. The number of nitrogens with zero attached hydrogens (tertiary/aromatic N) is 1. The summed E-state index contributed by atoms with van der Waals surface area (Å²) in [5, 5.41) is 1.88. The Morgan fingerprint density at radius 3 is 2.47 bits per heavy atom. The fraction of sp³-hybridized carbons (Fsp3) is 0.545. The number of hydrogen-bond donors (Lipinski definition) is 0. The third-order valence-electron chi connectivity index (χ3n) is 2.71. The minimum absolute atomic E-state index is 0.0955. The molecule has 0 aliphatic rings. The van der Waals surface area contributed by atoms with Crippen LogP contribution in [0.15, 0.2) is 15.2 Å². The van der Waals surface area contributed by atoms with Crippen molar-refractivity contribution >= 4 is 33.2 Å². The molecule has 1 aromatic heterocycles. The number of thiophene rings is 1. The van der Waals surface area contributed by atoms with Crippen molar-refractivity contribution in [2.75, 3.05) is 7.05 Å². The number of rotatable bonds is 3. The molecule has 0 aliphatic carbocycles. The Kier molecular flexibility index (Phi) is 4.34. The van der Waals surface area contributed by atoms with Crippen LogP contribution in [0.5, 0.6) is 0 Å². The van der Waals surface area contributed by atoms with E-state index in [1.54, 1.807) is 4.90 Å². The maximum Gasteiger partial charge on any atom is 0.254 e. The number of amides is 1. The Labute approximate surface area is 103 Å². The molecule has 0 fully saturated rings. The van der Waals surface area contributed by atoms with Crippen LogP contribution in [0.2, 0.25) is 0 Å². The Morgan fingerprint density at radius 2 is 2.07 bits per heavy atom. The van der Waals surface area contributed by atoms with Gasteiger partial charge >= 0.3 is 0 Å². The summed E-state index contributed by atoms with van der Waals surface area (Å²) in [7, 11) is 1.86. The van der Waals surface area contributed by atoms with Crippen LogP contribution in [-0.4, -0.2) is 23.9 Å². The highest BCUT2D eigenvalue weighted by atomic mass is 79.9. The molecule has 2 nitrogen and oxygen atoms in total. The minimum Gasteiger partial charge on any atom is -0.339 e. The van der Waals surface area contributed by atoms with Gasteiger partial charge in [-0.15, -0.1) is 11.3 Å². The zero-order chi connectivity index (χ0) is 11.6. The summed E-state index contributed by atoms with van der Waals surface area (Å²) in [5.41, 5.74) is 0.766. The number of halogens is 1. The first-order valence-electron chi connectivity index (χ1n) is 4.94. The van der Waals surface area contributed by atoms with E-state index in [1.165, 1.54) is 11.3 Å². The molecule has 15 heavy (non-hydrogen) atoms. The maximum atomic E-state index is 12.0. The van der Waals surface area contributed by atoms with Crippen LogP contribution in [0, 0.1) is 5.92 Å². The quantitative estimate of drug-likeness (QED) is 0.832. The van der Waals surface area contributed by atoms with Crippen molar-refractivity contribution in [1.82, 2.24) is 4.90 Å². The average molecular weight is 290 g/mol. The smallest absolute Gasteiger partial charge is 0.254 e. The zero-order valence-electron chi connectivity index (χ0n) is 9.45. The van der Waals surface area contributed by atoms with Crippen LogP contribution in [0.3, 0.4) is 0 Å². The summed E-state index contributed by atoms with van der Waals surface area (Å²) in [6.45, 7) is 6.32. The van der Waals surface area contributed by atoms with Crippen LogP contribution in [-0.2, 0) is 0 Å². The van der Waals surface area contributed by atoms with E-state index < -0.39 is 0 Å². The van der Waals surface area contributed by atoms with Gasteiger partial charge in [0.25, 0.3) is 5.91 Å². The Balaban J connectivity index is 2.77. The van der Waals surface area contributed by atoms with Crippen LogP contribution < -0.4 is 0 Å². The van der Waals surface area contributed by atoms with Gasteiger partial charge in [0, 0.05) is 18.5 Å². The van der Waals surface area contributed by atoms with Crippen molar-refractivity contribution in [3.05, 3.63) is 20.8 Å². The first-order valence-corrected chi connectivity index (χ1v) is 6.62. The largest absolute Gasteiger partial charge is 0.339 e. The molecule has 4 heteroatoms. The normalized spacial score (nSPS) is 12.9. The molecular weight excluding hydrogens is 274 g/mol. The first-order chi connectivity index (χ1) is 6.93. The van der Waals surface area contributed by atoms with E-state index in [-0.39, 0.29) is 11.9 Å². The molecule has 0 aromatic carbocycles. The van der Waals surface area contributed by atoms with Gasteiger partial charge in [0.1, 0.15) is 0 Å². The Morgan fingerprint density at radius 1 is 1.47 bits per heavy atom. The van der Waals surface area contributed by atoms with Gasteiger partial charge in [-0.2, -0.15) is 0 Å². The number of carbonyl (C=O) groups is 1. The maximum absolute atomic E-state index is 12.0. The topological polar surface area (TPSA) is 20.3 Å². The second-order valence-electron chi connectivity index (χ2n) is 4.04. The molecule has 0 N–H and O–H groups in total. The van der Waals surface area contributed by atoms with Crippen molar-refractivity contribution in [2.24, 2.45) is 5.92 Å². The van der Waals surface area contributed by atoms with E-state index in [4.69, 9.17) is 0 Å². The number of hydrogen-bond acceptors (Lipinski definition) is 2. The van der Waals surface area contributed by atoms with Crippen LogP contribution >= 0.6 is 27.3 Å². The summed E-state index contributed by atoms with van der Waals surface area (Å²) < 4.78 is 0.997. The predicted octanol–water partition coefficient (Wildman–Crippen LogP) is 3.63. The highest BCUT2D eigenvalue weighted by Gasteiger charge is 2.20. The molecule has 1 amide bonds. The Bertz CT molecular complexity index is 348. The van der Waals surface area contributed by atoms with Crippen molar-refractivity contribution in [3.8, 4) is 0 Å². The minimum atomic E-state index is 0.0955. The third-order valence-corrected chi connectivity index (χ3v) is 4.21. The molecule has 0 saturated carbocycles. The zero-order valence-corrected chi connectivity index (χ0v) is 11.9. The van der Waals surface area contributed by atoms with E-state index >= 15 is 0 Å². The lowest BCUT2D eigenvalue weighted by Crippen LogP contribution is -2.38. The highest BCUT2D eigenvalue weighted by Crippen LogP contribution is 2.22. The molecule has 1 heterocycles. The molecule has 1 aromatic rings. The predicted molar refractivity (Wildman–Crippen MR) is 68.4 cm³/mol. The van der Waals surface area contributed by atoms with Crippen LogP contribution in [0.4, 0.5) is 0 Å². The van der Waals surface area contributed by atoms with E-state index in [9.17, 15) is 4.79 Å². The van der Waals surface area contributed by atoms with Crippen molar-refractivity contribution in [3.63, 3.8) is 0 Å². The van der Waals surface area contributed by atoms with Gasteiger partial charge < -0.3 is 4.90 Å². The lowest BCUT2D eigenvalue weighted by atomic mass is 10.0. The molecule has 1 unspecified atom stereocenters. The second-order valence-corrected chi connectivity index (χ2v) is 6.33. The summed E-state index contributed by atoms with van der Waals surface area (Å²) in [6, 6.07) is 2.13. The molecule has 0 radical (unpaired) electrons. The molecule has 0 aliphatic heterocycles. The molecular formula is C11H16BrNOS. The van der Waals surface area contributed by atoms with Gasteiger partial charge in [-0.25, -0.2) is 0 Å². The standard InChI is InChI=1S/C11H16BrNOS/c1-7(2)8(3)13(4)11(14)9-5-10(12)15-6-9/h5-8H,1-4H3. The molecule has 0 saturated heterocycles. The Hall–Kier alpha value is -0.350. The highest BCUT2D eigenvalue weighted by molar-refractivity contribution is 9.11. The van der Waals surface area contributed by atoms with Crippen molar-refractivity contribution in [2.45, 2.75) is 26.8 Å².